The first-order valence-corrected chi connectivity index (χ1v) is 8.88. The van der Waals surface area contributed by atoms with Crippen LogP contribution in [0.4, 0.5) is 0 Å². The van der Waals surface area contributed by atoms with Crippen LogP contribution in [0, 0.1) is 6.92 Å². The quantitative estimate of drug-likeness (QED) is 0.706. The lowest BCUT2D eigenvalue weighted by atomic mass is 9.76. The fraction of sp³-hybridized carbons (Fsp3) is 0.273. The van der Waals surface area contributed by atoms with Gasteiger partial charge in [-0.05, 0) is 31.4 Å². The third kappa shape index (κ3) is 4.20. The van der Waals surface area contributed by atoms with E-state index in [-0.39, 0.29) is 5.91 Å². The summed E-state index contributed by atoms with van der Waals surface area (Å²) < 4.78 is 5.07. The first-order valence-electron chi connectivity index (χ1n) is 8.88. The molecule has 134 valence electrons. The third-order valence-corrected chi connectivity index (χ3v) is 4.66. The predicted octanol–water partition coefficient (Wildman–Crippen LogP) is 3.84. The van der Waals surface area contributed by atoms with Gasteiger partial charge in [0.1, 0.15) is 5.76 Å². The molecule has 3 aromatic rings. The number of amides is 1. The summed E-state index contributed by atoms with van der Waals surface area (Å²) in [6, 6.07) is 22.0. The number of benzene rings is 2. The highest BCUT2D eigenvalue weighted by molar-refractivity contribution is 5.88. The largest absolute Gasteiger partial charge is 0.361 e. The van der Waals surface area contributed by atoms with E-state index in [4.69, 9.17) is 4.52 Å². The highest BCUT2D eigenvalue weighted by Crippen LogP contribution is 2.28. The molecule has 0 spiro atoms. The molecule has 0 radical (unpaired) electrons. The lowest BCUT2D eigenvalue weighted by Crippen LogP contribution is -2.44. The van der Waals surface area contributed by atoms with Crippen molar-refractivity contribution >= 4 is 5.91 Å². The van der Waals surface area contributed by atoms with Crippen molar-refractivity contribution in [1.82, 2.24) is 10.5 Å². The molecule has 1 unspecified atom stereocenters. The molecular weight excluding hydrogens is 324 g/mol. The summed E-state index contributed by atoms with van der Waals surface area (Å²) in [5.41, 5.74) is 2.37. The number of hydrogen-bond donors (Lipinski definition) is 1. The minimum Gasteiger partial charge on any atom is -0.361 e. The second-order valence-electron chi connectivity index (χ2n) is 6.80. The minimum absolute atomic E-state index is 0.0211. The molecule has 1 heterocycles. The van der Waals surface area contributed by atoms with Gasteiger partial charge in [-0.1, -0.05) is 65.8 Å². The molecule has 3 rings (SSSR count). The van der Waals surface area contributed by atoms with E-state index < -0.39 is 5.41 Å². The van der Waals surface area contributed by atoms with Crippen LogP contribution < -0.4 is 5.32 Å². The lowest BCUT2D eigenvalue weighted by Gasteiger charge is -2.29. The number of aromatic nitrogens is 1. The van der Waals surface area contributed by atoms with Crippen molar-refractivity contribution in [2.45, 2.75) is 32.1 Å². The van der Waals surface area contributed by atoms with Crippen molar-refractivity contribution < 1.29 is 9.32 Å². The van der Waals surface area contributed by atoms with Crippen LogP contribution in [0.5, 0.6) is 0 Å². The Morgan fingerprint density at radius 3 is 2.35 bits per heavy atom. The molecule has 0 aliphatic carbocycles. The van der Waals surface area contributed by atoms with Gasteiger partial charge in [-0.3, -0.25) is 4.79 Å². The van der Waals surface area contributed by atoms with E-state index in [0.29, 0.717) is 19.4 Å². The van der Waals surface area contributed by atoms with Crippen LogP contribution in [0.3, 0.4) is 0 Å². The molecule has 4 nitrogen and oxygen atoms in total. The van der Waals surface area contributed by atoms with Gasteiger partial charge in [-0.2, -0.15) is 0 Å². The molecule has 1 atom stereocenters. The van der Waals surface area contributed by atoms with Crippen molar-refractivity contribution in [3.05, 3.63) is 89.3 Å². The van der Waals surface area contributed by atoms with E-state index in [2.05, 4.69) is 22.6 Å². The number of nitrogens with zero attached hydrogens (tertiary/aromatic N) is 1. The average molecular weight is 348 g/mol. The minimum atomic E-state index is -0.637. The van der Waals surface area contributed by atoms with Crippen LogP contribution in [0.15, 0.2) is 71.3 Å². The smallest absolute Gasteiger partial charge is 0.230 e. The number of carbonyl (C=O) groups is 1. The maximum atomic E-state index is 13.1. The lowest BCUT2D eigenvalue weighted by molar-refractivity contribution is -0.126. The normalized spacial score (nSPS) is 13.2. The topological polar surface area (TPSA) is 55.1 Å². The van der Waals surface area contributed by atoms with Crippen molar-refractivity contribution in [2.75, 3.05) is 6.54 Å². The van der Waals surface area contributed by atoms with E-state index in [9.17, 15) is 4.79 Å². The van der Waals surface area contributed by atoms with E-state index in [1.54, 1.807) is 0 Å². The van der Waals surface area contributed by atoms with Crippen LogP contribution in [-0.2, 0) is 23.1 Å². The molecule has 0 fully saturated rings. The number of aryl methyl sites for hydroxylation is 1. The zero-order valence-corrected chi connectivity index (χ0v) is 15.2. The fourth-order valence-electron chi connectivity index (χ4n) is 3.16. The Hall–Kier alpha value is -2.88. The Kier molecular flexibility index (Phi) is 5.52. The molecule has 4 heteroatoms. The number of hydrogen-bond acceptors (Lipinski definition) is 3. The summed E-state index contributed by atoms with van der Waals surface area (Å²) in [4.78, 5) is 13.1. The zero-order chi connectivity index (χ0) is 18.4. The van der Waals surface area contributed by atoms with Gasteiger partial charge in [0.15, 0.2) is 0 Å². The average Bonchev–Trinajstić information content (AvgIpc) is 3.08. The summed E-state index contributed by atoms with van der Waals surface area (Å²) in [6.45, 7) is 4.40. The maximum absolute atomic E-state index is 13.1. The Morgan fingerprint density at radius 1 is 1.08 bits per heavy atom. The molecule has 2 aromatic carbocycles. The number of nitrogens with one attached hydrogen (secondary N) is 1. The zero-order valence-electron chi connectivity index (χ0n) is 15.2. The molecule has 0 saturated heterocycles. The first kappa shape index (κ1) is 17.9. The van der Waals surface area contributed by atoms with Gasteiger partial charge in [0, 0.05) is 19.0 Å². The standard InChI is InChI=1S/C22H24N2O2/c1-17-15-20(24-26-17)13-14-23-21(25)22(2,19-11-7-4-8-12-19)16-18-9-5-3-6-10-18/h3-12,15H,13-14,16H2,1-2H3,(H,23,25). The van der Waals surface area contributed by atoms with Crippen molar-refractivity contribution in [2.24, 2.45) is 0 Å². The van der Waals surface area contributed by atoms with E-state index in [1.807, 2.05) is 68.4 Å². The highest BCUT2D eigenvalue weighted by atomic mass is 16.5. The molecule has 0 saturated carbocycles. The summed E-state index contributed by atoms with van der Waals surface area (Å²) >= 11 is 0. The Morgan fingerprint density at radius 2 is 1.73 bits per heavy atom. The second-order valence-corrected chi connectivity index (χ2v) is 6.80. The molecule has 0 bridgehead atoms. The summed E-state index contributed by atoms with van der Waals surface area (Å²) in [7, 11) is 0. The molecule has 0 aliphatic rings. The van der Waals surface area contributed by atoms with E-state index in [1.165, 1.54) is 0 Å². The Balaban J connectivity index is 1.75. The summed E-state index contributed by atoms with van der Waals surface area (Å²) in [6.07, 6.45) is 1.30. The van der Waals surface area contributed by atoms with Crippen LogP contribution in [0.25, 0.3) is 0 Å². The Labute approximate surface area is 154 Å². The van der Waals surface area contributed by atoms with E-state index >= 15 is 0 Å². The molecule has 26 heavy (non-hydrogen) atoms. The number of carbonyl (C=O) groups excluding carboxylic acids is 1. The van der Waals surface area contributed by atoms with Crippen LogP contribution in [0.1, 0.15) is 29.5 Å². The van der Waals surface area contributed by atoms with Crippen molar-refractivity contribution in [3.8, 4) is 0 Å². The maximum Gasteiger partial charge on any atom is 0.230 e. The van der Waals surface area contributed by atoms with Crippen LogP contribution in [-0.4, -0.2) is 17.6 Å². The predicted molar refractivity (Wildman–Crippen MR) is 102 cm³/mol. The third-order valence-electron chi connectivity index (χ3n) is 4.66. The van der Waals surface area contributed by atoms with Gasteiger partial charge in [0.05, 0.1) is 11.1 Å². The molecule has 1 aromatic heterocycles. The monoisotopic (exact) mass is 348 g/mol. The van der Waals surface area contributed by atoms with Crippen LogP contribution in [0.2, 0.25) is 0 Å². The Bertz CT molecular complexity index is 843. The van der Waals surface area contributed by atoms with Gasteiger partial charge in [-0.25, -0.2) is 0 Å². The SMILES string of the molecule is Cc1cc(CCNC(=O)C(C)(Cc2ccccc2)c2ccccc2)no1. The van der Waals surface area contributed by atoms with Gasteiger partial charge in [0.2, 0.25) is 5.91 Å². The molecule has 1 amide bonds. The highest BCUT2D eigenvalue weighted by Gasteiger charge is 2.35. The van der Waals surface area contributed by atoms with Crippen molar-refractivity contribution in [1.29, 1.82) is 0 Å². The molecule has 0 aliphatic heterocycles. The first-order chi connectivity index (χ1) is 12.6. The summed E-state index contributed by atoms with van der Waals surface area (Å²) in [5, 5.41) is 7.05. The van der Waals surface area contributed by atoms with E-state index in [0.717, 1.165) is 22.6 Å². The van der Waals surface area contributed by atoms with Crippen LogP contribution >= 0.6 is 0 Å². The van der Waals surface area contributed by atoms with Gasteiger partial charge in [-0.15, -0.1) is 0 Å². The molecular formula is C22H24N2O2. The molecule has 1 N–H and O–H groups in total. The van der Waals surface area contributed by atoms with Gasteiger partial charge >= 0.3 is 0 Å². The van der Waals surface area contributed by atoms with Gasteiger partial charge < -0.3 is 9.84 Å². The summed E-state index contributed by atoms with van der Waals surface area (Å²) in [5.74, 6) is 0.803. The number of rotatable bonds is 7. The fourth-order valence-corrected chi connectivity index (χ4v) is 3.16. The second kappa shape index (κ2) is 8.00. The van der Waals surface area contributed by atoms with Gasteiger partial charge in [0.25, 0.3) is 0 Å². The van der Waals surface area contributed by atoms with Crippen molar-refractivity contribution in [3.63, 3.8) is 0 Å².